The van der Waals surface area contributed by atoms with Crippen molar-refractivity contribution in [1.82, 2.24) is 0 Å². The summed E-state index contributed by atoms with van der Waals surface area (Å²) >= 11 is 20.3. The van der Waals surface area contributed by atoms with Gasteiger partial charge in [0.25, 0.3) is 0 Å². The molecule has 2 N–H and O–H groups in total. The largest absolute Gasteiger partial charge is 0.396 e. The third-order valence-corrected chi connectivity index (χ3v) is 3.20. The number of halogens is 4. The summed E-state index contributed by atoms with van der Waals surface area (Å²) in [5.74, 6) is 0. The predicted octanol–water partition coefficient (Wildman–Crippen LogP) is 3.99. The van der Waals surface area contributed by atoms with Gasteiger partial charge in [-0.2, -0.15) is 0 Å². The maximum Gasteiger partial charge on any atom is 0.0848 e. The van der Waals surface area contributed by atoms with Gasteiger partial charge in [-0.3, -0.25) is 0 Å². The minimum Gasteiger partial charge on any atom is -0.396 e. The van der Waals surface area contributed by atoms with E-state index in [1.165, 1.54) is 0 Å². The first-order chi connectivity index (χ1) is 5.04. The van der Waals surface area contributed by atoms with Gasteiger partial charge in [-0.25, -0.2) is 0 Å². The van der Waals surface area contributed by atoms with Crippen molar-refractivity contribution in [2.24, 2.45) is 0 Å². The summed E-state index contributed by atoms with van der Waals surface area (Å²) in [5, 5.41) is 1.06. The highest BCUT2D eigenvalue weighted by Crippen LogP contribution is 2.38. The number of nitrogen functional groups attached to an aromatic ring is 1. The van der Waals surface area contributed by atoms with E-state index in [0.717, 1.165) is 0 Å². The summed E-state index contributed by atoms with van der Waals surface area (Å²) in [6.07, 6.45) is 0. The number of hydrogen-bond donors (Lipinski definition) is 1. The first-order valence-electron chi connectivity index (χ1n) is 2.62. The van der Waals surface area contributed by atoms with E-state index >= 15 is 0 Å². The Labute approximate surface area is 87.5 Å². The number of rotatable bonds is 0. The van der Waals surface area contributed by atoms with E-state index < -0.39 is 0 Å². The van der Waals surface area contributed by atoms with Gasteiger partial charge < -0.3 is 5.73 Å². The van der Waals surface area contributed by atoms with Gasteiger partial charge in [0, 0.05) is 4.47 Å². The minimum absolute atomic E-state index is 0.283. The van der Waals surface area contributed by atoms with Gasteiger partial charge in [0.1, 0.15) is 0 Å². The Morgan fingerprint density at radius 3 is 2.27 bits per heavy atom. The second-order valence-electron chi connectivity index (χ2n) is 1.88. The van der Waals surface area contributed by atoms with Gasteiger partial charge in [-0.15, -0.1) is 0 Å². The average molecular weight is 275 g/mol. The second-order valence-corrected chi connectivity index (χ2v) is 3.90. The van der Waals surface area contributed by atoms with E-state index in [9.17, 15) is 0 Å². The quantitative estimate of drug-likeness (QED) is 0.432. The number of anilines is 1. The van der Waals surface area contributed by atoms with Crippen molar-refractivity contribution in [3.8, 4) is 0 Å². The van der Waals surface area contributed by atoms with Crippen molar-refractivity contribution < 1.29 is 0 Å². The molecular formula is C6H3BrCl3N. The van der Waals surface area contributed by atoms with E-state index in [1.807, 2.05) is 0 Å². The molecule has 1 nitrogen and oxygen atoms in total. The topological polar surface area (TPSA) is 26.0 Å². The number of benzene rings is 1. The molecule has 0 unspecified atom stereocenters. The van der Waals surface area contributed by atoms with Gasteiger partial charge in [-0.05, 0) is 22.0 Å². The fourth-order valence-electron chi connectivity index (χ4n) is 0.580. The molecule has 0 aromatic heterocycles. The van der Waals surface area contributed by atoms with E-state index in [-0.39, 0.29) is 5.02 Å². The van der Waals surface area contributed by atoms with Crippen LogP contribution in [0.4, 0.5) is 5.69 Å². The van der Waals surface area contributed by atoms with Crippen molar-refractivity contribution in [1.29, 1.82) is 0 Å². The fraction of sp³-hybridized carbons (Fsp3) is 0. The van der Waals surface area contributed by atoms with Crippen molar-refractivity contribution in [2.45, 2.75) is 0 Å². The Kier molecular flexibility index (Phi) is 2.92. The maximum atomic E-state index is 5.74. The Morgan fingerprint density at radius 1 is 1.18 bits per heavy atom. The highest BCUT2D eigenvalue weighted by atomic mass is 79.9. The van der Waals surface area contributed by atoms with Crippen molar-refractivity contribution in [2.75, 3.05) is 5.73 Å². The summed E-state index contributed by atoms with van der Waals surface area (Å²) in [6.45, 7) is 0. The van der Waals surface area contributed by atoms with E-state index in [4.69, 9.17) is 40.5 Å². The lowest BCUT2D eigenvalue weighted by atomic mass is 10.3. The molecule has 0 aliphatic carbocycles. The molecule has 0 aliphatic rings. The van der Waals surface area contributed by atoms with Gasteiger partial charge in [0.15, 0.2) is 0 Å². The van der Waals surface area contributed by atoms with Crippen LogP contribution >= 0.6 is 50.7 Å². The summed E-state index contributed by atoms with van der Waals surface area (Å²) in [6, 6.07) is 1.60. The molecule has 0 spiro atoms. The van der Waals surface area contributed by atoms with Crippen LogP contribution in [-0.2, 0) is 0 Å². The van der Waals surface area contributed by atoms with Gasteiger partial charge in [0.05, 0.1) is 20.8 Å². The minimum atomic E-state index is 0.283. The van der Waals surface area contributed by atoms with Crippen LogP contribution in [0.2, 0.25) is 15.1 Å². The van der Waals surface area contributed by atoms with Crippen LogP contribution in [-0.4, -0.2) is 0 Å². The Morgan fingerprint density at radius 2 is 1.73 bits per heavy atom. The van der Waals surface area contributed by atoms with Crippen molar-refractivity contribution >= 4 is 56.4 Å². The Bertz CT molecular complexity index is 274. The molecule has 0 saturated carbocycles. The van der Waals surface area contributed by atoms with Gasteiger partial charge in [0.2, 0.25) is 0 Å². The smallest absolute Gasteiger partial charge is 0.0848 e. The lowest BCUT2D eigenvalue weighted by Crippen LogP contribution is -1.88. The van der Waals surface area contributed by atoms with Gasteiger partial charge >= 0.3 is 0 Å². The van der Waals surface area contributed by atoms with E-state index in [1.54, 1.807) is 6.07 Å². The molecule has 0 radical (unpaired) electrons. The molecule has 11 heavy (non-hydrogen) atoms. The predicted molar refractivity (Wildman–Crippen MR) is 53.6 cm³/mol. The lowest BCUT2D eigenvalue weighted by molar-refractivity contribution is 1.63. The zero-order valence-corrected chi connectivity index (χ0v) is 9.02. The van der Waals surface area contributed by atoms with Crippen LogP contribution < -0.4 is 5.73 Å². The van der Waals surface area contributed by atoms with Crippen LogP contribution in [0.25, 0.3) is 0 Å². The standard InChI is InChI=1S/C6H3BrCl3N/c7-2-1-3(8)6(11)5(10)4(2)9/h1H,11H2. The lowest BCUT2D eigenvalue weighted by Gasteiger charge is -2.04. The number of hydrogen-bond acceptors (Lipinski definition) is 1. The third-order valence-electron chi connectivity index (χ3n) is 1.15. The fourth-order valence-corrected chi connectivity index (χ4v) is 1.87. The summed E-state index contributed by atoms with van der Waals surface area (Å²) in [5.41, 5.74) is 5.79. The average Bonchev–Trinajstić information content (AvgIpc) is 1.97. The zero-order chi connectivity index (χ0) is 8.59. The Hall–Kier alpha value is 0.370. The molecule has 0 bridgehead atoms. The highest BCUT2D eigenvalue weighted by Gasteiger charge is 2.09. The van der Waals surface area contributed by atoms with E-state index in [0.29, 0.717) is 20.2 Å². The van der Waals surface area contributed by atoms with Crippen molar-refractivity contribution in [3.05, 3.63) is 25.6 Å². The number of nitrogens with two attached hydrogens (primary N) is 1. The molecule has 0 heterocycles. The van der Waals surface area contributed by atoms with E-state index in [2.05, 4.69) is 15.9 Å². The molecule has 0 fully saturated rings. The molecular weight excluding hydrogens is 272 g/mol. The van der Waals surface area contributed by atoms with Crippen molar-refractivity contribution in [3.63, 3.8) is 0 Å². The molecule has 1 aromatic rings. The van der Waals surface area contributed by atoms with Crippen LogP contribution in [0.5, 0.6) is 0 Å². The zero-order valence-electron chi connectivity index (χ0n) is 5.17. The molecule has 1 rings (SSSR count). The maximum absolute atomic E-state index is 5.74. The van der Waals surface area contributed by atoms with Gasteiger partial charge in [-0.1, -0.05) is 34.8 Å². The summed E-state index contributed by atoms with van der Waals surface area (Å²) < 4.78 is 0.642. The second kappa shape index (κ2) is 3.40. The SMILES string of the molecule is Nc1c(Cl)cc(Br)c(Cl)c1Cl. The normalized spacial score (nSPS) is 10.2. The van der Waals surface area contributed by atoms with Crippen LogP contribution in [0.15, 0.2) is 10.5 Å². The van der Waals surface area contributed by atoms with Crippen LogP contribution in [0.3, 0.4) is 0 Å². The molecule has 60 valence electrons. The van der Waals surface area contributed by atoms with Crippen LogP contribution in [0, 0.1) is 0 Å². The molecule has 0 aliphatic heterocycles. The summed E-state index contributed by atoms with van der Waals surface area (Å²) in [7, 11) is 0. The first kappa shape index (κ1) is 9.46. The molecule has 1 aromatic carbocycles. The highest BCUT2D eigenvalue weighted by molar-refractivity contribution is 9.10. The molecule has 0 saturated heterocycles. The van der Waals surface area contributed by atoms with Crippen LogP contribution in [0.1, 0.15) is 0 Å². The first-order valence-corrected chi connectivity index (χ1v) is 4.55. The Balaban J connectivity index is 3.46. The molecule has 0 atom stereocenters. The molecule has 0 amide bonds. The monoisotopic (exact) mass is 273 g/mol. The molecule has 5 heteroatoms. The summed E-state index contributed by atoms with van der Waals surface area (Å²) in [4.78, 5) is 0. The third kappa shape index (κ3) is 1.75.